The van der Waals surface area contributed by atoms with Gasteiger partial charge in [-0.1, -0.05) is 75.3 Å². The van der Waals surface area contributed by atoms with Crippen LogP contribution in [0, 0.1) is 5.92 Å². The Morgan fingerprint density at radius 3 is 2.55 bits per heavy atom. The molecule has 1 aromatic heterocycles. The lowest BCUT2D eigenvalue weighted by atomic mass is 9.88. The van der Waals surface area contributed by atoms with Crippen molar-refractivity contribution in [1.82, 2.24) is 4.98 Å². The Labute approximate surface area is 178 Å². The first kappa shape index (κ1) is 23.0. The molecule has 0 aliphatic heterocycles. The zero-order chi connectivity index (χ0) is 21.4. The molecule has 1 heterocycles. The second-order valence-electron chi connectivity index (χ2n) is 8.42. The molecule has 156 valence electrons. The highest BCUT2D eigenvalue weighted by Gasteiger charge is 2.11. The molecule has 0 bridgehead atoms. The third kappa shape index (κ3) is 6.10. The number of unbranched alkanes of at least 4 members (excludes halogenated alkanes) is 1. The Morgan fingerprint density at radius 2 is 1.86 bits per heavy atom. The number of allylic oxidation sites excluding steroid dienone is 7. The lowest BCUT2D eigenvalue weighted by molar-refractivity contribution is 0.658. The van der Waals surface area contributed by atoms with Crippen LogP contribution in [0.3, 0.4) is 0 Å². The van der Waals surface area contributed by atoms with E-state index in [-0.39, 0.29) is 0 Å². The van der Waals surface area contributed by atoms with Crippen LogP contribution in [-0.4, -0.2) is 4.98 Å². The minimum absolute atomic E-state index is 0.526. The van der Waals surface area contributed by atoms with Gasteiger partial charge in [-0.3, -0.25) is 0 Å². The molecule has 1 heteroatoms. The van der Waals surface area contributed by atoms with Crippen LogP contribution in [0.1, 0.15) is 79.2 Å². The van der Waals surface area contributed by atoms with Gasteiger partial charge in [-0.25, -0.2) is 0 Å². The fourth-order valence-corrected chi connectivity index (χ4v) is 3.71. The third-order valence-corrected chi connectivity index (χ3v) is 6.17. The van der Waals surface area contributed by atoms with Crippen LogP contribution in [0.25, 0.3) is 16.5 Å². The Kier molecular flexibility index (Phi) is 8.76. The van der Waals surface area contributed by atoms with Crippen molar-refractivity contribution in [3.05, 3.63) is 77.0 Å². The van der Waals surface area contributed by atoms with Gasteiger partial charge in [0, 0.05) is 22.7 Å². The Balaban J connectivity index is 2.23. The van der Waals surface area contributed by atoms with Crippen molar-refractivity contribution in [3.63, 3.8) is 0 Å². The summed E-state index contributed by atoms with van der Waals surface area (Å²) >= 11 is 0. The van der Waals surface area contributed by atoms with Crippen molar-refractivity contribution in [1.29, 1.82) is 0 Å². The van der Waals surface area contributed by atoms with Crippen LogP contribution in [0.5, 0.6) is 0 Å². The van der Waals surface area contributed by atoms with E-state index in [1.54, 1.807) is 0 Å². The van der Waals surface area contributed by atoms with Crippen LogP contribution in [0.2, 0.25) is 0 Å². The molecule has 1 N–H and O–H groups in total. The average Bonchev–Trinajstić information content (AvgIpc) is 3.17. The van der Waals surface area contributed by atoms with E-state index < -0.39 is 0 Å². The zero-order valence-electron chi connectivity index (χ0n) is 19.4. The first-order valence-electron chi connectivity index (χ1n) is 11.2. The highest BCUT2D eigenvalue weighted by Crippen LogP contribution is 2.29. The topological polar surface area (TPSA) is 15.8 Å². The smallest absolute Gasteiger partial charge is 0.0460 e. The standard InChI is InChI=1S/C28H39N/c1-8-10-13-21(4)24(7)18-26(20(3)9-2)22(5)16-17-23(6)27-19-29-28-15-12-11-14-25(27)28/h11-12,14-15,17-20,29H,5,8-10,13,16H2,1-4,6-7H3/b23-17+,24-21-,26-18-. The maximum Gasteiger partial charge on any atom is 0.0460 e. The molecule has 29 heavy (non-hydrogen) atoms. The fourth-order valence-electron chi connectivity index (χ4n) is 3.71. The Morgan fingerprint density at radius 1 is 1.14 bits per heavy atom. The monoisotopic (exact) mass is 389 g/mol. The van der Waals surface area contributed by atoms with Gasteiger partial charge in [0.25, 0.3) is 0 Å². The fraction of sp³-hybridized carbons (Fsp3) is 0.429. The van der Waals surface area contributed by atoms with Crippen LogP contribution in [0.4, 0.5) is 0 Å². The van der Waals surface area contributed by atoms with Gasteiger partial charge in [-0.05, 0) is 75.2 Å². The van der Waals surface area contributed by atoms with Gasteiger partial charge < -0.3 is 4.98 Å². The predicted octanol–water partition coefficient (Wildman–Crippen LogP) is 9.02. The quantitative estimate of drug-likeness (QED) is 0.390. The second kappa shape index (κ2) is 11.0. The van der Waals surface area contributed by atoms with Crippen molar-refractivity contribution in [3.8, 4) is 0 Å². The molecule has 0 amide bonds. The molecule has 0 spiro atoms. The van der Waals surface area contributed by atoms with E-state index in [0.717, 1.165) is 12.8 Å². The van der Waals surface area contributed by atoms with Crippen LogP contribution in [0.15, 0.2) is 71.5 Å². The van der Waals surface area contributed by atoms with Gasteiger partial charge in [0.05, 0.1) is 0 Å². The minimum Gasteiger partial charge on any atom is -0.361 e. The van der Waals surface area contributed by atoms with E-state index in [2.05, 4.69) is 95.7 Å². The van der Waals surface area contributed by atoms with Gasteiger partial charge in [0.1, 0.15) is 0 Å². The van der Waals surface area contributed by atoms with E-state index in [1.165, 1.54) is 63.6 Å². The van der Waals surface area contributed by atoms with Gasteiger partial charge in [0.2, 0.25) is 0 Å². The lowest BCUT2D eigenvalue weighted by Gasteiger charge is -2.18. The molecule has 0 saturated carbocycles. The van der Waals surface area contributed by atoms with Crippen molar-refractivity contribution in [2.24, 2.45) is 5.92 Å². The molecule has 1 nitrogen and oxygen atoms in total. The van der Waals surface area contributed by atoms with Gasteiger partial charge in [-0.15, -0.1) is 0 Å². The number of hydrogen-bond donors (Lipinski definition) is 1. The predicted molar refractivity (Wildman–Crippen MR) is 131 cm³/mol. The third-order valence-electron chi connectivity index (χ3n) is 6.17. The highest BCUT2D eigenvalue weighted by molar-refractivity contribution is 5.92. The van der Waals surface area contributed by atoms with E-state index in [0.29, 0.717) is 5.92 Å². The second-order valence-corrected chi connectivity index (χ2v) is 8.42. The minimum atomic E-state index is 0.526. The molecule has 1 unspecified atom stereocenters. The van der Waals surface area contributed by atoms with E-state index in [4.69, 9.17) is 0 Å². The van der Waals surface area contributed by atoms with Crippen molar-refractivity contribution in [2.75, 3.05) is 0 Å². The summed E-state index contributed by atoms with van der Waals surface area (Å²) in [6, 6.07) is 8.49. The summed E-state index contributed by atoms with van der Waals surface area (Å²) in [6.07, 6.45) is 12.6. The summed E-state index contributed by atoms with van der Waals surface area (Å²) in [5.41, 5.74) is 9.34. The van der Waals surface area contributed by atoms with Gasteiger partial charge in [-0.2, -0.15) is 0 Å². The molecule has 2 aromatic rings. The summed E-state index contributed by atoms with van der Waals surface area (Å²) in [6.45, 7) is 18.1. The number of H-pyrrole nitrogens is 1. The summed E-state index contributed by atoms with van der Waals surface area (Å²) in [5.74, 6) is 0.526. The first-order chi connectivity index (χ1) is 13.9. The van der Waals surface area contributed by atoms with E-state index >= 15 is 0 Å². The number of para-hydroxylation sites is 1. The van der Waals surface area contributed by atoms with Crippen LogP contribution < -0.4 is 0 Å². The number of rotatable bonds is 10. The van der Waals surface area contributed by atoms with Crippen molar-refractivity contribution < 1.29 is 0 Å². The van der Waals surface area contributed by atoms with Crippen LogP contribution in [-0.2, 0) is 0 Å². The summed E-state index contributed by atoms with van der Waals surface area (Å²) in [7, 11) is 0. The van der Waals surface area contributed by atoms with E-state index in [1.807, 2.05) is 0 Å². The zero-order valence-corrected chi connectivity index (χ0v) is 19.4. The summed E-state index contributed by atoms with van der Waals surface area (Å²) in [4.78, 5) is 3.38. The molecule has 0 aliphatic rings. The molecule has 1 atom stereocenters. The summed E-state index contributed by atoms with van der Waals surface area (Å²) < 4.78 is 0. The molecule has 2 rings (SSSR count). The van der Waals surface area contributed by atoms with E-state index in [9.17, 15) is 0 Å². The molecular formula is C28H39N. The van der Waals surface area contributed by atoms with Crippen LogP contribution >= 0.6 is 0 Å². The molecule has 0 saturated heterocycles. The van der Waals surface area contributed by atoms with Crippen molar-refractivity contribution >= 4 is 16.5 Å². The molecular weight excluding hydrogens is 350 g/mol. The number of hydrogen-bond acceptors (Lipinski definition) is 0. The number of benzene rings is 1. The summed E-state index contributed by atoms with van der Waals surface area (Å²) in [5, 5.41) is 1.29. The average molecular weight is 390 g/mol. The van der Waals surface area contributed by atoms with Crippen molar-refractivity contribution in [2.45, 2.75) is 73.6 Å². The molecule has 1 aromatic carbocycles. The molecule has 0 radical (unpaired) electrons. The molecule has 0 fully saturated rings. The number of fused-ring (bicyclic) bond motifs is 1. The van der Waals surface area contributed by atoms with Gasteiger partial charge >= 0.3 is 0 Å². The van der Waals surface area contributed by atoms with Gasteiger partial charge in [0.15, 0.2) is 0 Å². The Hall–Kier alpha value is -2.28. The number of nitrogens with one attached hydrogen (secondary N) is 1. The number of aromatic amines is 1. The largest absolute Gasteiger partial charge is 0.361 e. The normalized spacial score (nSPS) is 14.8. The highest BCUT2D eigenvalue weighted by atomic mass is 14.7. The number of aromatic nitrogens is 1. The maximum absolute atomic E-state index is 4.47. The lowest BCUT2D eigenvalue weighted by Crippen LogP contribution is -2.01. The maximum atomic E-state index is 4.47. The first-order valence-corrected chi connectivity index (χ1v) is 11.2. The molecule has 0 aliphatic carbocycles. The Bertz CT molecular complexity index is 917. The SMILES string of the molecule is C=C(C/C=C(\C)c1c[nH]c2ccccc12)/C(=C\C(C)=C(\C)CCCC)C(C)CC.